The third kappa shape index (κ3) is 11.7. The molecule has 0 aromatic rings. The molecule has 0 aliphatic heterocycles. The van der Waals surface area contributed by atoms with Crippen LogP contribution in [-0.2, 0) is 0 Å². The van der Waals surface area contributed by atoms with Crippen LogP contribution in [0.1, 0.15) is 65.2 Å². The Balaban J connectivity index is 2.95. The molecule has 0 aromatic heterocycles. The van der Waals surface area contributed by atoms with Crippen molar-refractivity contribution in [3.05, 3.63) is 12.2 Å². The minimum atomic E-state index is -0.109. The molecule has 1 atom stereocenters. The lowest BCUT2D eigenvalue weighted by atomic mass is 10.1. The second-order valence-corrected chi connectivity index (χ2v) is 4.07. The molecular weight excluding hydrogens is 172 g/mol. The van der Waals surface area contributed by atoms with Gasteiger partial charge in [0.2, 0.25) is 0 Å². The van der Waals surface area contributed by atoms with E-state index in [2.05, 4.69) is 19.1 Å². The normalized spacial score (nSPS) is 13.6. The molecule has 0 radical (unpaired) electrons. The lowest BCUT2D eigenvalue weighted by Crippen LogP contribution is -1.98. The van der Waals surface area contributed by atoms with E-state index in [-0.39, 0.29) is 6.10 Å². The van der Waals surface area contributed by atoms with Gasteiger partial charge in [0.05, 0.1) is 6.10 Å². The van der Waals surface area contributed by atoms with Crippen LogP contribution in [0.2, 0.25) is 0 Å². The molecule has 0 heterocycles. The highest BCUT2D eigenvalue weighted by atomic mass is 16.3. The molecular formula is C13H26O. The van der Waals surface area contributed by atoms with Crippen LogP contribution in [0.15, 0.2) is 12.2 Å². The molecule has 0 saturated heterocycles. The van der Waals surface area contributed by atoms with Gasteiger partial charge in [0, 0.05) is 0 Å². The van der Waals surface area contributed by atoms with Crippen molar-refractivity contribution in [3.8, 4) is 0 Å². The van der Waals surface area contributed by atoms with Gasteiger partial charge in [0.15, 0.2) is 0 Å². The number of aliphatic hydroxyl groups excluding tert-OH is 1. The van der Waals surface area contributed by atoms with Crippen molar-refractivity contribution < 1.29 is 5.11 Å². The zero-order valence-corrected chi connectivity index (χ0v) is 9.84. The van der Waals surface area contributed by atoms with E-state index < -0.39 is 0 Å². The summed E-state index contributed by atoms with van der Waals surface area (Å²) < 4.78 is 0. The summed E-state index contributed by atoms with van der Waals surface area (Å²) in [6.45, 7) is 4.04. The fourth-order valence-electron chi connectivity index (χ4n) is 1.52. The Hall–Kier alpha value is -0.300. The number of hydrogen-bond acceptors (Lipinski definition) is 1. The highest BCUT2D eigenvalue weighted by Crippen LogP contribution is 2.08. The Morgan fingerprint density at radius 3 is 2.29 bits per heavy atom. The summed E-state index contributed by atoms with van der Waals surface area (Å²) in [6, 6.07) is 0. The van der Waals surface area contributed by atoms with E-state index >= 15 is 0 Å². The third-order valence-corrected chi connectivity index (χ3v) is 2.40. The molecule has 0 saturated carbocycles. The number of allylic oxidation sites excluding steroid dienone is 2. The second kappa shape index (κ2) is 10.8. The van der Waals surface area contributed by atoms with Crippen molar-refractivity contribution in [2.75, 3.05) is 0 Å². The first-order valence-corrected chi connectivity index (χ1v) is 6.10. The Morgan fingerprint density at radius 1 is 1.00 bits per heavy atom. The van der Waals surface area contributed by atoms with E-state index in [1.165, 1.54) is 38.5 Å². The first-order chi connectivity index (χ1) is 6.77. The van der Waals surface area contributed by atoms with E-state index in [1.54, 1.807) is 0 Å². The molecule has 1 nitrogen and oxygen atoms in total. The third-order valence-electron chi connectivity index (χ3n) is 2.40. The Labute approximate surface area is 89.2 Å². The van der Waals surface area contributed by atoms with Crippen molar-refractivity contribution in [1.29, 1.82) is 0 Å². The van der Waals surface area contributed by atoms with Crippen LogP contribution in [0.3, 0.4) is 0 Å². The minimum absolute atomic E-state index is 0.109. The van der Waals surface area contributed by atoms with Crippen molar-refractivity contribution >= 4 is 0 Å². The molecule has 1 N–H and O–H groups in total. The smallest absolute Gasteiger partial charge is 0.0512 e. The summed E-state index contributed by atoms with van der Waals surface area (Å²) in [5.41, 5.74) is 0. The van der Waals surface area contributed by atoms with Crippen LogP contribution in [-0.4, -0.2) is 11.2 Å². The topological polar surface area (TPSA) is 20.2 Å². The molecule has 1 heteroatoms. The molecule has 0 aliphatic rings. The van der Waals surface area contributed by atoms with Gasteiger partial charge in [-0.3, -0.25) is 0 Å². The van der Waals surface area contributed by atoms with Crippen molar-refractivity contribution in [3.63, 3.8) is 0 Å². The number of aliphatic hydroxyl groups is 1. The summed E-state index contributed by atoms with van der Waals surface area (Å²) >= 11 is 0. The maximum absolute atomic E-state index is 9.04. The average molecular weight is 198 g/mol. The summed E-state index contributed by atoms with van der Waals surface area (Å²) in [5, 5.41) is 9.04. The predicted octanol–water partition coefficient (Wildman–Crippen LogP) is 4.06. The van der Waals surface area contributed by atoms with E-state index in [0.717, 1.165) is 12.8 Å². The van der Waals surface area contributed by atoms with Gasteiger partial charge in [-0.2, -0.15) is 0 Å². The molecule has 0 aliphatic carbocycles. The Morgan fingerprint density at radius 2 is 1.64 bits per heavy atom. The lowest BCUT2D eigenvalue weighted by Gasteiger charge is -2.02. The van der Waals surface area contributed by atoms with Gasteiger partial charge in [-0.05, 0) is 32.6 Å². The molecule has 0 aromatic carbocycles. The highest BCUT2D eigenvalue weighted by Gasteiger charge is 1.94. The van der Waals surface area contributed by atoms with E-state index in [1.807, 2.05) is 6.92 Å². The predicted molar refractivity (Wildman–Crippen MR) is 63.4 cm³/mol. The van der Waals surface area contributed by atoms with Crippen LogP contribution >= 0.6 is 0 Å². The van der Waals surface area contributed by atoms with Crippen LogP contribution in [0.5, 0.6) is 0 Å². The van der Waals surface area contributed by atoms with Gasteiger partial charge >= 0.3 is 0 Å². The van der Waals surface area contributed by atoms with Gasteiger partial charge < -0.3 is 5.11 Å². The standard InChI is InChI=1S/C13H26O/c1-3-4-5-6-7-8-9-10-11-12-13(2)14/h4-5,13-14H,3,6-12H2,1-2H3/t13-/m0/s1. The largest absolute Gasteiger partial charge is 0.393 e. The molecule has 0 spiro atoms. The van der Waals surface area contributed by atoms with Crippen molar-refractivity contribution in [2.24, 2.45) is 0 Å². The fourth-order valence-corrected chi connectivity index (χ4v) is 1.52. The molecule has 0 fully saturated rings. The summed E-state index contributed by atoms with van der Waals surface area (Å²) in [5.74, 6) is 0. The van der Waals surface area contributed by atoms with E-state index in [4.69, 9.17) is 5.11 Å². The van der Waals surface area contributed by atoms with Gasteiger partial charge in [-0.25, -0.2) is 0 Å². The van der Waals surface area contributed by atoms with Crippen LogP contribution in [0.4, 0.5) is 0 Å². The molecule has 14 heavy (non-hydrogen) atoms. The molecule has 0 unspecified atom stereocenters. The molecule has 0 bridgehead atoms. The summed E-state index contributed by atoms with van der Waals surface area (Å²) in [4.78, 5) is 0. The summed E-state index contributed by atoms with van der Waals surface area (Å²) in [7, 11) is 0. The van der Waals surface area contributed by atoms with E-state index in [9.17, 15) is 0 Å². The van der Waals surface area contributed by atoms with Crippen LogP contribution in [0.25, 0.3) is 0 Å². The van der Waals surface area contributed by atoms with Gasteiger partial charge in [0.25, 0.3) is 0 Å². The van der Waals surface area contributed by atoms with Crippen molar-refractivity contribution in [2.45, 2.75) is 71.3 Å². The average Bonchev–Trinajstić information content (AvgIpc) is 2.15. The second-order valence-electron chi connectivity index (χ2n) is 4.07. The summed E-state index contributed by atoms with van der Waals surface area (Å²) in [6.07, 6.45) is 14.2. The highest BCUT2D eigenvalue weighted by molar-refractivity contribution is 4.79. The first kappa shape index (κ1) is 13.7. The number of rotatable bonds is 9. The van der Waals surface area contributed by atoms with Gasteiger partial charge in [-0.15, -0.1) is 0 Å². The number of hydrogen-bond donors (Lipinski definition) is 1. The Bertz CT molecular complexity index is 127. The maximum Gasteiger partial charge on any atom is 0.0512 e. The van der Waals surface area contributed by atoms with Gasteiger partial charge in [-0.1, -0.05) is 44.8 Å². The van der Waals surface area contributed by atoms with E-state index in [0.29, 0.717) is 0 Å². The zero-order valence-electron chi connectivity index (χ0n) is 9.84. The van der Waals surface area contributed by atoms with Crippen molar-refractivity contribution in [1.82, 2.24) is 0 Å². The van der Waals surface area contributed by atoms with Gasteiger partial charge in [0.1, 0.15) is 0 Å². The monoisotopic (exact) mass is 198 g/mol. The minimum Gasteiger partial charge on any atom is -0.393 e. The fraction of sp³-hybridized carbons (Fsp3) is 0.846. The Kier molecular flexibility index (Phi) is 10.5. The maximum atomic E-state index is 9.04. The lowest BCUT2D eigenvalue weighted by molar-refractivity contribution is 0.180. The molecule has 0 rings (SSSR count). The molecule has 0 amide bonds. The quantitative estimate of drug-likeness (QED) is 0.437. The van der Waals surface area contributed by atoms with Crippen LogP contribution < -0.4 is 0 Å². The number of unbranched alkanes of at least 4 members (excludes halogenated alkanes) is 5. The molecule has 84 valence electrons. The van der Waals surface area contributed by atoms with Crippen LogP contribution in [0, 0.1) is 0 Å². The first-order valence-electron chi connectivity index (χ1n) is 6.10. The SMILES string of the molecule is CCC=CCCCCCCC[C@H](C)O. The zero-order chi connectivity index (χ0) is 10.6.